The van der Waals surface area contributed by atoms with E-state index < -0.39 is 0 Å². The topological polar surface area (TPSA) is 40.6 Å². The van der Waals surface area contributed by atoms with Gasteiger partial charge in [0.1, 0.15) is 0 Å². The predicted octanol–water partition coefficient (Wildman–Crippen LogP) is 3.81. The number of anilines is 1. The molecule has 0 radical (unpaired) electrons. The van der Waals surface area contributed by atoms with Crippen molar-refractivity contribution in [1.29, 1.82) is 0 Å². The number of amides is 2. The Bertz CT molecular complexity index is 953. The molecule has 5 atom stereocenters. The fraction of sp³-hybridized carbons (Fsp3) is 0.333. The van der Waals surface area contributed by atoms with Gasteiger partial charge in [-0.25, -0.2) is 4.90 Å². The van der Waals surface area contributed by atoms with Crippen molar-refractivity contribution in [3.05, 3.63) is 77.9 Å². The highest BCUT2D eigenvalue weighted by molar-refractivity contribution is 6.22. The second-order valence-electron chi connectivity index (χ2n) is 8.20. The van der Waals surface area contributed by atoms with Gasteiger partial charge in [0, 0.05) is 24.5 Å². The van der Waals surface area contributed by atoms with Gasteiger partial charge in [0.2, 0.25) is 11.8 Å². The molecule has 0 aromatic heterocycles. The highest BCUT2D eigenvalue weighted by Gasteiger charge is 2.60. The quantitative estimate of drug-likeness (QED) is 0.608. The van der Waals surface area contributed by atoms with Crippen LogP contribution in [0, 0.1) is 17.8 Å². The molecule has 3 heterocycles. The lowest BCUT2D eigenvalue weighted by Gasteiger charge is -2.51. The summed E-state index contributed by atoms with van der Waals surface area (Å²) in [6, 6.07) is 19.9. The van der Waals surface area contributed by atoms with Crippen LogP contribution in [0.15, 0.2) is 72.3 Å². The first-order chi connectivity index (χ1) is 13.6. The van der Waals surface area contributed by atoms with Crippen molar-refractivity contribution in [1.82, 2.24) is 4.90 Å². The minimum atomic E-state index is -0.289. The molecule has 28 heavy (non-hydrogen) atoms. The van der Waals surface area contributed by atoms with Crippen molar-refractivity contribution in [2.75, 3.05) is 11.4 Å². The van der Waals surface area contributed by atoms with E-state index in [0.29, 0.717) is 5.69 Å². The molecule has 2 saturated heterocycles. The Balaban J connectivity index is 1.53. The minimum absolute atomic E-state index is 0.0182. The number of carbonyl (C=O) groups is 2. The van der Waals surface area contributed by atoms with Crippen molar-refractivity contribution < 1.29 is 9.59 Å². The molecule has 4 heteroatoms. The largest absolute Gasteiger partial charge is 0.289 e. The zero-order valence-electron chi connectivity index (χ0n) is 16.2. The Labute approximate surface area is 165 Å². The monoisotopic (exact) mass is 372 g/mol. The number of fused-ring (bicyclic) bond motifs is 1. The summed E-state index contributed by atoms with van der Waals surface area (Å²) in [4.78, 5) is 30.5. The normalized spacial score (nSPS) is 30.4. The van der Waals surface area contributed by atoms with Crippen LogP contribution in [0.25, 0.3) is 0 Å². The van der Waals surface area contributed by atoms with Gasteiger partial charge in [0.05, 0.1) is 17.5 Å². The van der Waals surface area contributed by atoms with Gasteiger partial charge >= 0.3 is 0 Å². The molecule has 2 fully saturated rings. The van der Waals surface area contributed by atoms with E-state index in [1.807, 2.05) is 36.4 Å². The van der Waals surface area contributed by atoms with Crippen LogP contribution in [0.4, 0.5) is 5.69 Å². The predicted molar refractivity (Wildman–Crippen MR) is 109 cm³/mol. The van der Waals surface area contributed by atoms with Crippen molar-refractivity contribution >= 4 is 17.5 Å². The molecule has 2 amide bonds. The fourth-order valence-corrected chi connectivity index (χ4v) is 5.46. The van der Waals surface area contributed by atoms with Crippen LogP contribution in [0.2, 0.25) is 0 Å². The number of nitrogens with zero attached hydrogens (tertiary/aromatic N) is 2. The fourth-order valence-electron chi connectivity index (χ4n) is 5.46. The minimum Gasteiger partial charge on any atom is -0.289 e. The summed E-state index contributed by atoms with van der Waals surface area (Å²) in [6.07, 6.45) is 2.24. The molecule has 1 aliphatic carbocycles. The zero-order chi connectivity index (χ0) is 19.4. The van der Waals surface area contributed by atoms with E-state index in [-0.39, 0.29) is 41.7 Å². The van der Waals surface area contributed by atoms with E-state index in [1.165, 1.54) is 16.0 Å². The summed E-state index contributed by atoms with van der Waals surface area (Å²) < 4.78 is 0. The third kappa shape index (κ3) is 2.41. The Morgan fingerprint density at radius 1 is 0.893 bits per heavy atom. The van der Waals surface area contributed by atoms with E-state index in [1.54, 1.807) is 0 Å². The molecule has 0 N–H and O–H groups in total. The number of benzene rings is 2. The number of piperidine rings is 1. The Morgan fingerprint density at radius 3 is 2.18 bits per heavy atom. The maximum atomic E-state index is 13.4. The van der Waals surface area contributed by atoms with Gasteiger partial charge in [0.15, 0.2) is 0 Å². The van der Waals surface area contributed by atoms with Gasteiger partial charge < -0.3 is 0 Å². The molecule has 2 aromatic rings. The van der Waals surface area contributed by atoms with E-state index in [4.69, 9.17) is 0 Å². The molecule has 0 unspecified atom stereocenters. The molecule has 6 rings (SSSR count). The summed E-state index contributed by atoms with van der Waals surface area (Å²) in [5.74, 6) is -0.518. The SMILES string of the molecule is CC1=C[C@@H]2CN([C@H](C)c3ccccc3)[C@H]1[C@@H]1C(=O)N(c3ccccc3)C(=O)[C@@H]12. The average molecular weight is 372 g/mol. The first-order valence-corrected chi connectivity index (χ1v) is 10.00. The molecule has 4 nitrogen and oxygen atoms in total. The first kappa shape index (κ1) is 17.4. The molecule has 2 aromatic carbocycles. The lowest BCUT2D eigenvalue weighted by atomic mass is 9.67. The number of imide groups is 1. The van der Waals surface area contributed by atoms with Crippen molar-refractivity contribution in [2.24, 2.45) is 17.8 Å². The Kier molecular flexibility index (Phi) is 3.98. The summed E-state index contributed by atoms with van der Waals surface area (Å²) in [6.45, 7) is 5.14. The van der Waals surface area contributed by atoms with E-state index in [9.17, 15) is 9.59 Å². The molecule has 2 bridgehead atoms. The van der Waals surface area contributed by atoms with Gasteiger partial charge in [-0.05, 0) is 31.5 Å². The van der Waals surface area contributed by atoms with Crippen molar-refractivity contribution in [3.8, 4) is 0 Å². The second-order valence-corrected chi connectivity index (χ2v) is 8.20. The highest BCUT2D eigenvalue weighted by atomic mass is 16.2. The highest BCUT2D eigenvalue weighted by Crippen LogP contribution is 2.50. The molecule has 0 spiro atoms. The maximum absolute atomic E-state index is 13.4. The summed E-state index contributed by atoms with van der Waals surface area (Å²) in [5, 5.41) is 0. The molecular weight excluding hydrogens is 348 g/mol. The van der Waals surface area contributed by atoms with E-state index >= 15 is 0 Å². The van der Waals surface area contributed by atoms with Crippen LogP contribution < -0.4 is 4.90 Å². The number of para-hydroxylation sites is 1. The van der Waals surface area contributed by atoms with Crippen molar-refractivity contribution in [3.63, 3.8) is 0 Å². The Morgan fingerprint density at radius 2 is 1.50 bits per heavy atom. The van der Waals surface area contributed by atoms with Crippen LogP contribution in [0.1, 0.15) is 25.5 Å². The summed E-state index contributed by atoms with van der Waals surface area (Å²) in [5.41, 5.74) is 3.15. The molecule has 142 valence electrons. The van der Waals surface area contributed by atoms with Crippen LogP contribution >= 0.6 is 0 Å². The van der Waals surface area contributed by atoms with Gasteiger partial charge in [0.25, 0.3) is 0 Å². The maximum Gasteiger partial charge on any atom is 0.239 e. The molecular formula is C24H24N2O2. The van der Waals surface area contributed by atoms with Crippen LogP contribution in [-0.4, -0.2) is 29.3 Å². The van der Waals surface area contributed by atoms with Gasteiger partial charge in [-0.2, -0.15) is 0 Å². The number of rotatable bonds is 3. The number of hydrogen-bond acceptors (Lipinski definition) is 3. The number of hydrogen-bond donors (Lipinski definition) is 0. The first-order valence-electron chi connectivity index (χ1n) is 10.00. The second kappa shape index (κ2) is 6.42. The van der Waals surface area contributed by atoms with E-state index in [2.05, 4.69) is 49.1 Å². The smallest absolute Gasteiger partial charge is 0.239 e. The van der Waals surface area contributed by atoms with Gasteiger partial charge in [-0.15, -0.1) is 0 Å². The molecule has 4 aliphatic rings. The third-order valence-electron chi connectivity index (χ3n) is 6.72. The van der Waals surface area contributed by atoms with Gasteiger partial charge in [-0.1, -0.05) is 60.2 Å². The number of carbonyl (C=O) groups excluding carboxylic acids is 2. The lowest BCUT2D eigenvalue weighted by molar-refractivity contribution is -0.128. The van der Waals surface area contributed by atoms with Crippen LogP contribution in [-0.2, 0) is 9.59 Å². The standard InChI is InChI=1S/C24H24N2O2/c1-15-13-18-14-25(16(2)17-9-5-3-6-10-17)22(15)21-20(18)23(27)26(24(21)28)19-11-7-4-8-12-19/h3-13,16,18,20-22H,14H2,1-2H3/t16-,18-,20-,21-,22-/m1/s1. The summed E-state index contributed by atoms with van der Waals surface area (Å²) in [7, 11) is 0. The summed E-state index contributed by atoms with van der Waals surface area (Å²) >= 11 is 0. The molecule has 3 aliphatic heterocycles. The zero-order valence-corrected chi connectivity index (χ0v) is 16.2. The Hall–Kier alpha value is -2.72. The third-order valence-corrected chi connectivity index (χ3v) is 6.72. The van der Waals surface area contributed by atoms with Gasteiger partial charge in [-0.3, -0.25) is 14.5 Å². The average Bonchev–Trinajstić information content (AvgIpc) is 3.00. The van der Waals surface area contributed by atoms with Crippen LogP contribution in [0.3, 0.4) is 0 Å². The van der Waals surface area contributed by atoms with Crippen molar-refractivity contribution in [2.45, 2.75) is 25.9 Å². The van der Waals surface area contributed by atoms with E-state index in [0.717, 1.165) is 6.54 Å². The lowest BCUT2D eigenvalue weighted by Crippen LogP contribution is -2.58. The molecule has 0 saturated carbocycles. The van der Waals surface area contributed by atoms with Crippen LogP contribution in [0.5, 0.6) is 0 Å².